The van der Waals surface area contributed by atoms with Gasteiger partial charge >= 0.3 is 6.09 Å². The van der Waals surface area contributed by atoms with Gasteiger partial charge in [0.05, 0.1) is 6.26 Å². The number of anilines is 1. The number of ether oxygens (including phenoxy) is 2. The molecule has 4 rings (SSSR count). The molecule has 40 heavy (non-hydrogen) atoms. The fourth-order valence-corrected chi connectivity index (χ4v) is 5.51. The minimum atomic E-state index is -3.31. The number of likely N-dealkylation sites (tertiary alicyclic amines) is 1. The first-order valence-corrected chi connectivity index (χ1v) is 15.7. The highest BCUT2D eigenvalue weighted by atomic mass is 32.2. The maximum Gasteiger partial charge on any atom is 0.407 e. The summed E-state index contributed by atoms with van der Waals surface area (Å²) in [4.78, 5) is 14.9. The number of amides is 1. The van der Waals surface area contributed by atoms with Gasteiger partial charge in [0, 0.05) is 30.9 Å². The average molecular weight is 566 g/mol. The second-order valence-corrected chi connectivity index (χ2v) is 12.1. The van der Waals surface area contributed by atoms with Crippen LogP contribution in [-0.2, 0) is 27.9 Å². The van der Waals surface area contributed by atoms with E-state index < -0.39 is 10.0 Å². The Balaban J connectivity index is 1.28. The van der Waals surface area contributed by atoms with E-state index >= 15 is 0 Å². The highest BCUT2D eigenvalue weighted by Gasteiger charge is 2.29. The van der Waals surface area contributed by atoms with Crippen LogP contribution in [-0.4, -0.2) is 44.3 Å². The van der Waals surface area contributed by atoms with E-state index in [1.54, 1.807) is 24.3 Å². The molecule has 2 atom stereocenters. The monoisotopic (exact) mass is 565 g/mol. The van der Waals surface area contributed by atoms with Crippen molar-refractivity contribution in [3.05, 3.63) is 90.0 Å². The molecule has 1 fully saturated rings. The number of piperidine rings is 1. The Kier molecular flexibility index (Phi) is 10.4. The molecule has 0 spiro atoms. The number of benzene rings is 3. The van der Waals surface area contributed by atoms with Gasteiger partial charge in [-0.25, -0.2) is 13.2 Å². The average Bonchev–Trinajstić information content (AvgIpc) is 2.94. The zero-order chi connectivity index (χ0) is 28.4. The first-order chi connectivity index (χ1) is 19.3. The van der Waals surface area contributed by atoms with Crippen molar-refractivity contribution < 1.29 is 22.7 Å². The Hall–Kier alpha value is -3.56. The van der Waals surface area contributed by atoms with E-state index in [9.17, 15) is 13.2 Å². The normalized spacial score (nSPS) is 17.6. The van der Waals surface area contributed by atoms with Crippen LogP contribution in [0.1, 0.15) is 50.2 Å². The van der Waals surface area contributed by atoms with Crippen molar-refractivity contribution in [3.63, 3.8) is 0 Å². The highest BCUT2D eigenvalue weighted by molar-refractivity contribution is 7.92. The van der Waals surface area contributed by atoms with Gasteiger partial charge in [-0.1, -0.05) is 62.2 Å². The SMILES string of the molecule is CCCCC1CC(NC(=O)OCc2ccccc2)CCN1Cc1ccc(Oc2ccc(NS(C)(=O)=O)cc2)cc1. The summed E-state index contributed by atoms with van der Waals surface area (Å²) < 4.78 is 36.6. The number of carbonyl (C=O) groups is 1. The number of sulfonamides is 1. The van der Waals surface area contributed by atoms with E-state index in [1.807, 2.05) is 42.5 Å². The van der Waals surface area contributed by atoms with Gasteiger partial charge in [-0.3, -0.25) is 9.62 Å². The summed E-state index contributed by atoms with van der Waals surface area (Å²) in [6.07, 6.45) is 5.94. The number of hydrogen-bond acceptors (Lipinski definition) is 6. The van der Waals surface area contributed by atoms with Gasteiger partial charge in [0.25, 0.3) is 0 Å². The number of carbonyl (C=O) groups excluding carboxylic acids is 1. The van der Waals surface area contributed by atoms with Gasteiger partial charge in [0.15, 0.2) is 0 Å². The Morgan fingerprint density at radius 2 is 1.62 bits per heavy atom. The topological polar surface area (TPSA) is 97.0 Å². The van der Waals surface area contributed by atoms with Crippen molar-refractivity contribution >= 4 is 21.8 Å². The molecule has 1 heterocycles. The van der Waals surface area contributed by atoms with Gasteiger partial charge in [0.1, 0.15) is 18.1 Å². The number of rotatable bonds is 12. The van der Waals surface area contributed by atoms with Crippen molar-refractivity contribution in [2.45, 2.75) is 64.3 Å². The third kappa shape index (κ3) is 9.57. The van der Waals surface area contributed by atoms with Crippen LogP contribution in [0.15, 0.2) is 78.9 Å². The van der Waals surface area contributed by atoms with Gasteiger partial charge in [0.2, 0.25) is 10.0 Å². The maximum atomic E-state index is 12.4. The molecule has 1 aliphatic rings. The molecular weight excluding hydrogens is 526 g/mol. The summed E-state index contributed by atoms with van der Waals surface area (Å²) in [6.45, 7) is 4.23. The van der Waals surface area contributed by atoms with Crippen molar-refractivity contribution in [1.29, 1.82) is 0 Å². The van der Waals surface area contributed by atoms with E-state index in [4.69, 9.17) is 9.47 Å². The van der Waals surface area contributed by atoms with E-state index in [-0.39, 0.29) is 18.7 Å². The van der Waals surface area contributed by atoms with Crippen LogP contribution >= 0.6 is 0 Å². The number of unbranched alkanes of at least 4 members (excludes halogenated alkanes) is 1. The number of hydrogen-bond donors (Lipinski definition) is 2. The van der Waals surface area contributed by atoms with Crippen LogP contribution in [0, 0.1) is 0 Å². The molecule has 2 unspecified atom stereocenters. The van der Waals surface area contributed by atoms with E-state index in [1.165, 1.54) is 5.56 Å². The molecule has 0 aliphatic carbocycles. The summed E-state index contributed by atoms with van der Waals surface area (Å²) in [5, 5.41) is 3.09. The molecule has 3 aromatic carbocycles. The van der Waals surface area contributed by atoms with E-state index in [0.717, 1.165) is 57.0 Å². The molecule has 1 amide bonds. The predicted molar refractivity (Wildman–Crippen MR) is 158 cm³/mol. The van der Waals surface area contributed by atoms with Gasteiger partial charge in [-0.05, 0) is 66.8 Å². The van der Waals surface area contributed by atoms with Gasteiger partial charge < -0.3 is 14.8 Å². The van der Waals surface area contributed by atoms with E-state index in [2.05, 4.69) is 34.0 Å². The van der Waals surface area contributed by atoms with Crippen LogP contribution in [0.2, 0.25) is 0 Å². The third-order valence-electron chi connectivity index (χ3n) is 6.97. The molecule has 9 heteroatoms. The Labute approximate surface area is 237 Å². The smallest absolute Gasteiger partial charge is 0.407 e. The molecule has 1 aliphatic heterocycles. The first kappa shape index (κ1) is 29.4. The zero-order valence-corrected chi connectivity index (χ0v) is 24.0. The summed E-state index contributed by atoms with van der Waals surface area (Å²) in [6, 6.07) is 25.1. The second-order valence-electron chi connectivity index (χ2n) is 10.3. The molecular formula is C31H39N3O5S. The van der Waals surface area contributed by atoms with Crippen molar-refractivity contribution in [1.82, 2.24) is 10.2 Å². The molecule has 2 N–H and O–H groups in total. The summed E-state index contributed by atoms with van der Waals surface area (Å²) in [7, 11) is -3.31. The number of nitrogens with zero attached hydrogens (tertiary/aromatic N) is 1. The van der Waals surface area contributed by atoms with Crippen LogP contribution in [0.25, 0.3) is 0 Å². The standard InChI is InChI=1S/C31H39N3O5S/c1-3-4-10-28-21-27(32-31(35)38-23-25-8-6-5-7-9-25)19-20-34(28)22-24-11-15-29(16-12-24)39-30-17-13-26(14-18-30)33-40(2,36)37/h5-9,11-18,27-28,33H,3-4,10,19-23H2,1-2H3,(H,32,35). The fraction of sp³-hybridized carbons (Fsp3) is 0.387. The summed E-state index contributed by atoms with van der Waals surface area (Å²) >= 11 is 0. The summed E-state index contributed by atoms with van der Waals surface area (Å²) in [5.41, 5.74) is 2.67. The minimum Gasteiger partial charge on any atom is -0.457 e. The lowest BCUT2D eigenvalue weighted by Crippen LogP contribution is -2.49. The number of nitrogens with one attached hydrogen (secondary N) is 2. The molecule has 8 nitrogen and oxygen atoms in total. The second kappa shape index (κ2) is 14.2. The van der Waals surface area contributed by atoms with Crippen molar-refractivity contribution in [3.8, 4) is 11.5 Å². The van der Waals surface area contributed by atoms with Gasteiger partial charge in [-0.2, -0.15) is 0 Å². The van der Waals surface area contributed by atoms with Gasteiger partial charge in [-0.15, -0.1) is 0 Å². The predicted octanol–water partition coefficient (Wildman–Crippen LogP) is 6.30. The van der Waals surface area contributed by atoms with Crippen molar-refractivity contribution in [2.75, 3.05) is 17.5 Å². The molecule has 1 saturated heterocycles. The third-order valence-corrected chi connectivity index (χ3v) is 7.57. The Bertz CT molecular complexity index is 1320. The molecule has 214 valence electrons. The maximum absolute atomic E-state index is 12.4. The Morgan fingerprint density at radius 1 is 0.950 bits per heavy atom. The quantitative estimate of drug-likeness (QED) is 0.268. The van der Waals surface area contributed by atoms with Crippen LogP contribution in [0.5, 0.6) is 11.5 Å². The molecule has 3 aromatic rings. The van der Waals surface area contributed by atoms with Crippen LogP contribution < -0.4 is 14.8 Å². The largest absolute Gasteiger partial charge is 0.457 e. The molecule has 0 radical (unpaired) electrons. The lowest BCUT2D eigenvalue weighted by atomic mass is 9.93. The highest BCUT2D eigenvalue weighted by Crippen LogP contribution is 2.27. The molecule has 0 aromatic heterocycles. The van der Waals surface area contributed by atoms with E-state index in [0.29, 0.717) is 23.2 Å². The first-order valence-electron chi connectivity index (χ1n) is 13.8. The fourth-order valence-electron chi connectivity index (χ4n) is 4.95. The lowest BCUT2D eigenvalue weighted by molar-refractivity contribution is 0.0958. The zero-order valence-electron chi connectivity index (χ0n) is 23.2. The molecule has 0 saturated carbocycles. The number of alkyl carbamates (subject to hydrolysis) is 1. The summed E-state index contributed by atoms with van der Waals surface area (Å²) in [5.74, 6) is 1.34. The molecule has 0 bridgehead atoms. The van der Waals surface area contributed by atoms with Crippen LogP contribution in [0.4, 0.5) is 10.5 Å². The van der Waals surface area contributed by atoms with Crippen molar-refractivity contribution in [2.24, 2.45) is 0 Å². The minimum absolute atomic E-state index is 0.108. The van der Waals surface area contributed by atoms with Crippen LogP contribution in [0.3, 0.4) is 0 Å². The Morgan fingerprint density at radius 3 is 2.27 bits per heavy atom. The lowest BCUT2D eigenvalue weighted by Gasteiger charge is -2.40.